The minimum absolute atomic E-state index is 0.0377. The number of hydrogen-bond acceptors (Lipinski definition) is 2. The summed E-state index contributed by atoms with van der Waals surface area (Å²) in [7, 11) is 0. The first-order chi connectivity index (χ1) is 4.12. The maximum atomic E-state index is 8.78. The van der Waals surface area contributed by atoms with Crippen LogP contribution in [0.2, 0.25) is 0 Å². The maximum absolute atomic E-state index is 8.78. The molecule has 0 aliphatic carbocycles. The summed E-state index contributed by atoms with van der Waals surface area (Å²) >= 11 is 0. The molecule has 0 spiro atoms. The summed E-state index contributed by atoms with van der Waals surface area (Å²) in [5.74, 6) is 0. The summed E-state index contributed by atoms with van der Waals surface area (Å²) in [6, 6.07) is 0. The molecule has 0 fully saturated rings. The Morgan fingerprint density at radius 3 is 2.33 bits per heavy atom. The molecule has 0 aliphatic rings. The van der Waals surface area contributed by atoms with Crippen molar-refractivity contribution in [1.29, 1.82) is 0 Å². The molecule has 0 saturated heterocycles. The predicted octanol–water partition coefficient (Wildman–Crippen LogP) is 0.614. The van der Waals surface area contributed by atoms with Crippen molar-refractivity contribution in [3.63, 3.8) is 0 Å². The molecule has 0 heterocycles. The average molecular weight is 131 g/mol. The standard InChI is InChI=1S/C7H17NO/c1-4-8-5-7(2,3)6-9/h8-9H,4-6H2,1-3H3. The van der Waals surface area contributed by atoms with Gasteiger partial charge in [-0.25, -0.2) is 0 Å². The van der Waals surface area contributed by atoms with Gasteiger partial charge in [-0.2, -0.15) is 0 Å². The van der Waals surface area contributed by atoms with Gasteiger partial charge in [-0.3, -0.25) is 0 Å². The van der Waals surface area contributed by atoms with Crippen molar-refractivity contribution in [3.05, 3.63) is 0 Å². The first-order valence-electron chi connectivity index (χ1n) is 3.44. The van der Waals surface area contributed by atoms with E-state index in [-0.39, 0.29) is 12.0 Å². The third-order valence-corrected chi connectivity index (χ3v) is 1.28. The molecular weight excluding hydrogens is 114 g/mol. The van der Waals surface area contributed by atoms with Gasteiger partial charge < -0.3 is 10.4 Å². The lowest BCUT2D eigenvalue weighted by atomic mass is 9.95. The number of nitrogens with one attached hydrogen (secondary N) is 1. The lowest BCUT2D eigenvalue weighted by molar-refractivity contribution is 0.158. The molecule has 56 valence electrons. The van der Waals surface area contributed by atoms with E-state index in [4.69, 9.17) is 5.11 Å². The van der Waals surface area contributed by atoms with Crippen LogP contribution in [0.15, 0.2) is 0 Å². The summed E-state index contributed by atoms with van der Waals surface area (Å²) in [5.41, 5.74) is 0.0377. The fourth-order valence-electron chi connectivity index (χ4n) is 0.519. The van der Waals surface area contributed by atoms with Crippen LogP contribution in [0.25, 0.3) is 0 Å². The summed E-state index contributed by atoms with van der Waals surface area (Å²) < 4.78 is 0. The van der Waals surface area contributed by atoms with Gasteiger partial charge in [0.2, 0.25) is 0 Å². The molecule has 0 bridgehead atoms. The minimum Gasteiger partial charge on any atom is -0.396 e. The van der Waals surface area contributed by atoms with E-state index in [9.17, 15) is 0 Å². The van der Waals surface area contributed by atoms with Crippen LogP contribution in [0, 0.1) is 5.41 Å². The third kappa shape index (κ3) is 4.43. The largest absolute Gasteiger partial charge is 0.396 e. The third-order valence-electron chi connectivity index (χ3n) is 1.28. The van der Waals surface area contributed by atoms with Crippen LogP contribution in [-0.2, 0) is 0 Å². The number of aliphatic hydroxyl groups excluding tert-OH is 1. The molecule has 2 heteroatoms. The zero-order valence-corrected chi connectivity index (χ0v) is 6.57. The highest BCUT2D eigenvalue weighted by atomic mass is 16.3. The molecule has 0 atom stereocenters. The van der Waals surface area contributed by atoms with Gasteiger partial charge in [-0.15, -0.1) is 0 Å². The van der Waals surface area contributed by atoms with E-state index in [0.717, 1.165) is 13.1 Å². The van der Waals surface area contributed by atoms with Crippen molar-refractivity contribution in [3.8, 4) is 0 Å². The summed E-state index contributed by atoms with van der Waals surface area (Å²) in [6.07, 6.45) is 0. The van der Waals surface area contributed by atoms with Gasteiger partial charge in [0, 0.05) is 18.6 Å². The Morgan fingerprint density at radius 2 is 2.00 bits per heavy atom. The van der Waals surface area contributed by atoms with E-state index in [2.05, 4.69) is 12.2 Å². The van der Waals surface area contributed by atoms with Gasteiger partial charge in [-0.1, -0.05) is 20.8 Å². The van der Waals surface area contributed by atoms with Crippen molar-refractivity contribution in [2.24, 2.45) is 5.41 Å². The quantitative estimate of drug-likeness (QED) is 0.586. The Morgan fingerprint density at radius 1 is 1.44 bits per heavy atom. The highest BCUT2D eigenvalue weighted by Gasteiger charge is 2.14. The molecule has 0 rings (SSSR count). The lowest BCUT2D eigenvalue weighted by Crippen LogP contribution is -2.31. The molecule has 0 aromatic heterocycles. The lowest BCUT2D eigenvalue weighted by Gasteiger charge is -2.21. The highest BCUT2D eigenvalue weighted by molar-refractivity contribution is 4.68. The van der Waals surface area contributed by atoms with Crippen LogP contribution in [0.4, 0.5) is 0 Å². The van der Waals surface area contributed by atoms with Gasteiger partial charge in [0.25, 0.3) is 0 Å². The molecule has 0 amide bonds. The highest BCUT2D eigenvalue weighted by Crippen LogP contribution is 2.10. The molecule has 9 heavy (non-hydrogen) atoms. The first-order valence-corrected chi connectivity index (χ1v) is 3.44. The van der Waals surface area contributed by atoms with Crippen molar-refractivity contribution in [2.45, 2.75) is 20.8 Å². The molecule has 0 aromatic rings. The summed E-state index contributed by atoms with van der Waals surface area (Å²) in [4.78, 5) is 0. The summed E-state index contributed by atoms with van der Waals surface area (Å²) in [5, 5.41) is 12.0. The van der Waals surface area contributed by atoms with Crippen LogP contribution in [0.3, 0.4) is 0 Å². The van der Waals surface area contributed by atoms with E-state index in [1.807, 2.05) is 13.8 Å². The second-order valence-corrected chi connectivity index (χ2v) is 3.10. The summed E-state index contributed by atoms with van der Waals surface area (Å²) in [6.45, 7) is 8.25. The molecule has 2 nitrogen and oxygen atoms in total. The van der Waals surface area contributed by atoms with Crippen LogP contribution in [-0.4, -0.2) is 24.8 Å². The molecule has 0 radical (unpaired) electrons. The maximum Gasteiger partial charge on any atom is 0.0494 e. The zero-order chi connectivity index (χ0) is 7.33. The molecule has 0 aromatic carbocycles. The van der Waals surface area contributed by atoms with Crippen molar-refractivity contribution in [2.75, 3.05) is 19.7 Å². The fraction of sp³-hybridized carbons (Fsp3) is 1.00. The minimum atomic E-state index is 0.0377. The van der Waals surface area contributed by atoms with Gasteiger partial charge >= 0.3 is 0 Å². The molecule has 0 unspecified atom stereocenters. The van der Waals surface area contributed by atoms with Crippen molar-refractivity contribution >= 4 is 0 Å². The van der Waals surface area contributed by atoms with Crippen LogP contribution >= 0.6 is 0 Å². The fourth-order valence-corrected chi connectivity index (χ4v) is 0.519. The van der Waals surface area contributed by atoms with Crippen molar-refractivity contribution < 1.29 is 5.11 Å². The molecule has 0 aliphatic heterocycles. The van der Waals surface area contributed by atoms with E-state index in [1.165, 1.54) is 0 Å². The Hall–Kier alpha value is -0.0800. The van der Waals surface area contributed by atoms with Gasteiger partial charge in [-0.05, 0) is 6.54 Å². The number of rotatable bonds is 4. The predicted molar refractivity (Wildman–Crippen MR) is 39.4 cm³/mol. The monoisotopic (exact) mass is 131 g/mol. The number of hydrogen-bond donors (Lipinski definition) is 2. The normalized spacial score (nSPS) is 12.0. The zero-order valence-electron chi connectivity index (χ0n) is 6.57. The Kier molecular flexibility index (Phi) is 3.82. The van der Waals surface area contributed by atoms with E-state index in [1.54, 1.807) is 0 Å². The van der Waals surface area contributed by atoms with E-state index in [0.29, 0.717) is 0 Å². The molecular formula is C7H17NO. The smallest absolute Gasteiger partial charge is 0.0494 e. The van der Waals surface area contributed by atoms with E-state index >= 15 is 0 Å². The average Bonchev–Trinajstić information content (AvgIpc) is 1.84. The first kappa shape index (κ1) is 8.92. The molecule has 2 N–H and O–H groups in total. The van der Waals surface area contributed by atoms with Crippen LogP contribution in [0.1, 0.15) is 20.8 Å². The Labute approximate surface area is 57.3 Å². The van der Waals surface area contributed by atoms with Crippen LogP contribution < -0.4 is 5.32 Å². The van der Waals surface area contributed by atoms with Gasteiger partial charge in [0.15, 0.2) is 0 Å². The van der Waals surface area contributed by atoms with Gasteiger partial charge in [0.1, 0.15) is 0 Å². The molecule has 0 saturated carbocycles. The van der Waals surface area contributed by atoms with Crippen LogP contribution in [0.5, 0.6) is 0 Å². The Bertz CT molecular complexity index is 71.3. The van der Waals surface area contributed by atoms with E-state index < -0.39 is 0 Å². The second kappa shape index (κ2) is 3.85. The Balaban J connectivity index is 3.33. The van der Waals surface area contributed by atoms with Crippen molar-refractivity contribution in [1.82, 2.24) is 5.32 Å². The number of aliphatic hydroxyl groups is 1. The SMILES string of the molecule is CCNCC(C)(C)CO. The topological polar surface area (TPSA) is 32.3 Å². The van der Waals surface area contributed by atoms with Gasteiger partial charge in [0.05, 0.1) is 0 Å². The second-order valence-electron chi connectivity index (χ2n) is 3.10.